The summed E-state index contributed by atoms with van der Waals surface area (Å²) in [6.07, 6.45) is 0. The minimum atomic E-state index is -0.000550. The molecule has 0 aliphatic heterocycles. The molecule has 2 rings (SSSR count). The van der Waals surface area contributed by atoms with Gasteiger partial charge < -0.3 is 15.1 Å². The molecule has 0 aliphatic rings. The molecule has 0 fully saturated rings. The average Bonchev–Trinajstić information content (AvgIpc) is 2.82. The van der Waals surface area contributed by atoms with Gasteiger partial charge in [0.2, 0.25) is 11.9 Å². The lowest BCUT2D eigenvalue weighted by molar-refractivity contribution is 0.223. The van der Waals surface area contributed by atoms with Crippen LogP contribution < -0.4 is 10.6 Å². The number of aryl methyl sites for hydroxylation is 1. The Bertz CT molecular complexity index is 609. The van der Waals surface area contributed by atoms with Crippen molar-refractivity contribution >= 4 is 11.9 Å². The molecule has 0 aliphatic carbocycles. The van der Waals surface area contributed by atoms with Crippen LogP contribution in [0.3, 0.4) is 0 Å². The maximum absolute atomic E-state index is 5.77. The highest BCUT2D eigenvalue weighted by molar-refractivity contribution is 5.33. The number of hydrogen-bond donors (Lipinski definition) is 1. The molecule has 0 amide bonds. The summed E-state index contributed by atoms with van der Waals surface area (Å²) >= 11 is 0. The van der Waals surface area contributed by atoms with E-state index >= 15 is 0 Å². The number of hydrogen-bond acceptors (Lipinski definition) is 7. The molecule has 0 saturated carbocycles. The minimum Gasteiger partial charge on any atom is -0.465 e. The van der Waals surface area contributed by atoms with Gasteiger partial charge >= 0.3 is 0 Å². The number of furan rings is 1. The van der Waals surface area contributed by atoms with Crippen LogP contribution in [-0.2, 0) is 6.54 Å². The van der Waals surface area contributed by atoms with E-state index in [2.05, 4.69) is 19.9 Å². The first-order chi connectivity index (χ1) is 9.86. The third kappa shape index (κ3) is 3.69. The molecule has 2 aromatic rings. The summed E-state index contributed by atoms with van der Waals surface area (Å²) in [6, 6.07) is 3.93. The molecular formula is C14H22N6O. The Labute approximate surface area is 124 Å². The molecule has 0 radical (unpaired) electrons. The molecule has 0 aromatic carbocycles. The number of nitrogens with zero attached hydrogens (tertiary/aromatic N) is 5. The van der Waals surface area contributed by atoms with E-state index in [4.69, 9.17) is 10.2 Å². The number of nitrogen functional groups attached to an aromatic ring is 1. The fraction of sp³-hybridized carbons (Fsp3) is 0.500. The molecule has 7 nitrogen and oxygen atoms in total. The van der Waals surface area contributed by atoms with Crippen molar-refractivity contribution in [2.24, 2.45) is 0 Å². The Hall–Kier alpha value is -2.15. The largest absolute Gasteiger partial charge is 0.465 e. The van der Waals surface area contributed by atoms with Crippen molar-refractivity contribution in [3.8, 4) is 0 Å². The van der Waals surface area contributed by atoms with E-state index in [-0.39, 0.29) is 12.0 Å². The number of nitrogens with two attached hydrogens (primary N) is 1. The monoisotopic (exact) mass is 290 g/mol. The summed E-state index contributed by atoms with van der Waals surface area (Å²) in [5.41, 5.74) is 5.77. The molecule has 0 bridgehead atoms. The number of anilines is 2. The zero-order chi connectivity index (χ0) is 15.6. The van der Waals surface area contributed by atoms with Crippen LogP contribution in [0, 0.1) is 6.92 Å². The topological polar surface area (TPSA) is 84.3 Å². The van der Waals surface area contributed by atoms with E-state index < -0.39 is 0 Å². The molecule has 2 N–H and O–H groups in total. The lowest BCUT2D eigenvalue weighted by Gasteiger charge is -2.23. The second-order valence-electron chi connectivity index (χ2n) is 5.35. The molecule has 0 spiro atoms. The predicted molar refractivity (Wildman–Crippen MR) is 81.9 cm³/mol. The summed E-state index contributed by atoms with van der Waals surface area (Å²) in [5, 5.41) is 0. The Morgan fingerprint density at radius 1 is 1.19 bits per heavy atom. The van der Waals surface area contributed by atoms with E-state index in [1.54, 1.807) is 0 Å². The third-order valence-electron chi connectivity index (χ3n) is 3.29. The quantitative estimate of drug-likeness (QED) is 0.895. The van der Waals surface area contributed by atoms with Crippen LogP contribution in [-0.4, -0.2) is 41.0 Å². The van der Waals surface area contributed by atoms with Crippen molar-refractivity contribution in [1.82, 2.24) is 19.9 Å². The minimum absolute atomic E-state index is 0.000550. The van der Waals surface area contributed by atoms with Gasteiger partial charge in [0, 0.05) is 14.1 Å². The van der Waals surface area contributed by atoms with Crippen molar-refractivity contribution < 1.29 is 4.42 Å². The predicted octanol–water partition coefficient (Wildman–Crippen LogP) is 1.61. The van der Waals surface area contributed by atoms with Crippen molar-refractivity contribution in [3.05, 3.63) is 29.5 Å². The summed E-state index contributed by atoms with van der Waals surface area (Å²) in [6.45, 7) is 4.64. The Balaban J connectivity index is 2.16. The molecule has 1 atom stereocenters. The first kappa shape index (κ1) is 15.2. The molecule has 0 saturated heterocycles. The Kier molecular flexibility index (Phi) is 4.42. The smallest absolute Gasteiger partial charge is 0.229 e. The van der Waals surface area contributed by atoms with Crippen LogP contribution in [0.15, 0.2) is 16.5 Å². The van der Waals surface area contributed by atoms with Gasteiger partial charge in [0.25, 0.3) is 0 Å². The van der Waals surface area contributed by atoms with Crippen LogP contribution >= 0.6 is 0 Å². The highest BCUT2D eigenvalue weighted by Crippen LogP contribution is 2.20. The number of aromatic nitrogens is 3. The second kappa shape index (κ2) is 6.09. The lowest BCUT2D eigenvalue weighted by Crippen LogP contribution is -2.25. The van der Waals surface area contributed by atoms with Crippen LogP contribution in [0.25, 0.3) is 0 Å². The van der Waals surface area contributed by atoms with Crippen molar-refractivity contribution in [2.45, 2.75) is 26.4 Å². The standard InChI is InChI=1S/C14H22N6O/c1-9-6-7-11(21-9)8-20(5)10(2)12-16-13(15)18-14(17-12)19(3)4/h6-7,10H,8H2,1-5H3,(H2,15,16,17,18). The molecular weight excluding hydrogens is 268 g/mol. The lowest BCUT2D eigenvalue weighted by atomic mass is 10.2. The summed E-state index contributed by atoms with van der Waals surface area (Å²) < 4.78 is 5.60. The molecule has 2 heterocycles. The SMILES string of the molecule is Cc1ccc(CN(C)C(C)c2nc(N)nc(N(C)C)n2)o1. The molecule has 1 unspecified atom stereocenters. The normalized spacial score (nSPS) is 12.7. The highest BCUT2D eigenvalue weighted by Gasteiger charge is 2.18. The fourth-order valence-electron chi connectivity index (χ4n) is 1.93. The van der Waals surface area contributed by atoms with E-state index in [1.807, 2.05) is 52.0 Å². The van der Waals surface area contributed by atoms with Crippen molar-refractivity contribution in [2.75, 3.05) is 31.8 Å². The maximum atomic E-state index is 5.77. The van der Waals surface area contributed by atoms with Crippen molar-refractivity contribution in [1.29, 1.82) is 0 Å². The molecule has 7 heteroatoms. The van der Waals surface area contributed by atoms with Crippen LogP contribution in [0.1, 0.15) is 30.3 Å². The fourth-order valence-corrected chi connectivity index (χ4v) is 1.93. The van der Waals surface area contributed by atoms with Gasteiger partial charge in [-0.2, -0.15) is 15.0 Å². The average molecular weight is 290 g/mol. The van der Waals surface area contributed by atoms with Gasteiger partial charge in [0.15, 0.2) is 5.82 Å². The molecule has 21 heavy (non-hydrogen) atoms. The molecule has 114 valence electrons. The summed E-state index contributed by atoms with van der Waals surface area (Å²) in [5.74, 6) is 3.27. The highest BCUT2D eigenvalue weighted by atomic mass is 16.3. The van der Waals surface area contributed by atoms with Gasteiger partial charge in [-0.3, -0.25) is 4.90 Å². The van der Waals surface area contributed by atoms with Crippen molar-refractivity contribution in [3.63, 3.8) is 0 Å². The maximum Gasteiger partial charge on any atom is 0.229 e. The van der Waals surface area contributed by atoms with Gasteiger partial charge in [-0.15, -0.1) is 0 Å². The van der Waals surface area contributed by atoms with Crippen LogP contribution in [0.5, 0.6) is 0 Å². The van der Waals surface area contributed by atoms with Gasteiger partial charge in [0.1, 0.15) is 11.5 Å². The second-order valence-corrected chi connectivity index (χ2v) is 5.35. The Morgan fingerprint density at radius 2 is 1.90 bits per heavy atom. The van der Waals surface area contributed by atoms with Gasteiger partial charge in [-0.05, 0) is 33.0 Å². The first-order valence-corrected chi connectivity index (χ1v) is 6.81. The summed E-state index contributed by atoms with van der Waals surface area (Å²) in [7, 11) is 5.74. The molecule has 2 aromatic heterocycles. The zero-order valence-electron chi connectivity index (χ0n) is 13.2. The van der Waals surface area contributed by atoms with Crippen LogP contribution in [0.2, 0.25) is 0 Å². The first-order valence-electron chi connectivity index (χ1n) is 6.81. The van der Waals surface area contributed by atoms with Gasteiger partial charge in [0.05, 0.1) is 12.6 Å². The Morgan fingerprint density at radius 3 is 2.48 bits per heavy atom. The third-order valence-corrected chi connectivity index (χ3v) is 3.29. The zero-order valence-corrected chi connectivity index (χ0v) is 13.2. The van der Waals surface area contributed by atoms with E-state index in [9.17, 15) is 0 Å². The van der Waals surface area contributed by atoms with Gasteiger partial charge in [-0.1, -0.05) is 0 Å². The van der Waals surface area contributed by atoms with E-state index in [0.29, 0.717) is 18.3 Å². The summed E-state index contributed by atoms with van der Waals surface area (Å²) in [4.78, 5) is 16.7. The van der Waals surface area contributed by atoms with E-state index in [0.717, 1.165) is 11.5 Å². The van der Waals surface area contributed by atoms with Gasteiger partial charge in [-0.25, -0.2) is 0 Å². The van der Waals surface area contributed by atoms with Crippen LogP contribution in [0.4, 0.5) is 11.9 Å². The van der Waals surface area contributed by atoms with E-state index in [1.165, 1.54) is 0 Å². The number of rotatable bonds is 5.